The van der Waals surface area contributed by atoms with Gasteiger partial charge in [-0.25, -0.2) is 13.2 Å². The monoisotopic (exact) mass is 257 g/mol. The van der Waals surface area contributed by atoms with Crippen molar-refractivity contribution in [3.63, 3.8) is 0 Å². The summed E-state index contributed by atoms with van der Waals surface area (Å²) in [7, 11) is 0. The van der Waals surface area contributed by atoms with Crippen LogP contribution in [0.3, 0.4) is 0 Å². The molecule has 0 unspecified atom stereocenters. The van der Waals surface area contributed by atoms with E-state index >= 15 is 0 Å². The lowest BCUT2D eigenvalue weighted by Gasteiger charge is -2.10. The molecule has 0 atom stereocenters. The van der Waals surface area contributed by atoms with Crippen LogP contribution in [-0.4, -0.2) is 12.1 Å². The summed E-state index contributed by atoms with van der Waals surface area (Å²) in [6.45, 7) is 0.906. The van der Waals surface area contributed by atoms with Crippen LogP contribution >= 0.6 is 0 Å². The highest BCUT2D eigenvalue weighted by Gasteiger charge is 2.39. The van der Waals surface area contributed by atoms with Crippen LogP contribution in [-0.2, 0) is 4.79 Å². The largest absolute Gasteiger partial charge is 0.471 e. The van der Waals surface area contributed by atoms with Gasteiger partial charge in [-0.1, -0.05) is 0 Å². The molecule has 17 heavy (non-hydrogen) atoms. The Morgan fingerprint density at radius 1 is 1.18 bits per heavy atom. The van der Waals surface area contributed by atoms with Crippen LogP contribution in [0.1, 0.15) is 5.56 Å². The Morgan fingerprint density at radius 2 is 1.71 bits per heavy atom. The summed E-state index contributed by atoms with van der Waals surface area (Å²) in [4.78, 5) is 10.4. The Morgan fingerprint density at radius 3 is 2.18 bits per heavy atom. The summed E-state index contributed by atoms with van der Waals surface area (Å²) in [6.07, 6.45) is -5.27. The highest BCUT2D eigenvalue weighted by molar-refractivity contribution is 5.95. The van der Waals surface area contributed by atoms with Crippen molar-refractivity contribution in [2.24, 2.45) is 0 Å². The van der Waals surface area contributed by atoms with Gasteiger partial charge in [0.2, 0.25) is 0 Å². The maximum atomic E-state index is 13.1. The molecule has 0 fully saturated rings. The second-order valence-electron chi connectivity index (χ2n) is 3.11. The standard InChI is InChI=1S/C9H5F6NO/c1-3-4(10)2-5(7(12)6(3)11)16-8(17)9(13,14)15/h2H,1H3,(H,16,17). The lowest BCUT2D eigenvalue weighted by atomic mass is 10.2. The van der Waals surface area contributed by atoms with Gasteiger partial charge in [0, 0.05) is 11.6 Å². The van der Waals surface area contributed by atoms with Gasteiger partial charge in [0.1, 0.15) is 5.82 Å². The van der Waals surface area contributed by atoms with Crippen molar-refractivity contribution >= 4 is 11.6 Å². The molecule has 0 spiro atoms. The van der Waals surface area contributed by atoms with Gasteiger partial charge in [-0.15, -0.1) is 0 Å². The fourth-order valence-corrected chi connectivity index (χ4v) is 0.970. The molecule has 1 amide bonds. The Balaban J connectivity index is 3.13. The van der Waals surface area contributed by atoms with Gasteiger partial charge < -0.3 is 5.32 Å². The number of nitrogens with one attached hydrogen (secondary N) is 1. The molecule has 0 bridgehead atoms. The molecule has 1 aromatic carbocycles. The average molecular weight is 257 g/mol. The minimum Gasteiger partial charge on any atom is -0.316 e. The summed E-state index contributed by atoms with van der Waals surface area (Å²) in [6, 6.07) is 0.275. The zero-order chi connectivity index (χ0) is 13.4. The van der Waals surface area contributed by atoms with Gasteiger partial charge in [-0.2, -0.15) is 13.2 Å². The van der Waals surface area contributed by atoms with Crippen molar-refractivity contribution in [2.45, 2.75) is 13.1 Å². The average Bonchev–Trinajstić information content (AvgIpc) is 2.21. The molecule has 0 saturated carbocycles. The number of carbonyl (C=O) groups is 1. The number of carbonyl (C=O) groups excluding carboxylic acids is 1. The first-order valence-corrected chi connectivity index (χ1v) is 4.17. The van der Waals surface area contributed by atoms with Gasteiger partial charge in [-0.05, 0) is 6.92 Å². The summed E-state index contributed by atoms with van der Waals surface area (Å²) in [5, 5.41) is 1.04. The van der Waals surface area contributed by atoms with Crippen LogP contribution < -0.4 is 5.32 Å². The third kappa shape index (κ3) is 2.69. The molecule has 0 aromatic heterocycles. The molecule has 0 aliphatic carbocycles. The van der Waals surface area contributed by atoms with Crippen LogP contribution in [0, 0.1) is 24.4 Å². The topological polar surface area (TPSA) is 29.1 Å². The number of amides is 1. The summed E-state index contributed by atoms with van der Waals surface area (Å²) >= 11 is 0. The smallest absolute Gasteiger partial charge is 0.316 e. The Kier molecular flexibility index (Phi) is 3.35. The van der Waals surface area contributed by atoms with Gasteiger partial charge in [0.15, 0.2) is 11.6 Å². The van der Waals surface area contributed by atoms with Crippen LogP contribution in [0.2, 0.25) is 0 Å². The van der Waals surface area contributed by atoms with Crippen molar-refractivity contribution in [2.75, 3.05) is 5.32 Å². The lowest BCUT2D eigenvalue weighted by molar-refractivity contribution is -0.167. The van der Waals surface area contributed by atoms with E-state index in [1.807, 2.05) is 0 Å². The Labute approximate surface area is 91.2 Å². The molecular weight excluding hydrogens is 252 g/mol. The van der Waals surface area contributed by atoms with E-state index < -0.39 is 40.8 Å². The van der Waals surface area contributed by atoms with Gasteiger partial charge in [0.25, 0.3) is 0 Å². The third-order valence-corrected chi connectivity index (χ3v) is 1.89. The number of halogens is 6. The minimum absolute atomic E-state index is 0.275. The van der Waals surface area contributed by atoms with Crippen molar-refractivity contribution in [1.82, 2.24) is 0 Å². The van der Waals surface area contributed by atoms with Crippen molar-refractivity contribution in [3.05, 3.63) is 29.1 Å². The van der Waals surface area contributed by atoms with Crippen molar-refractivity contribution < 1.29 is 31.1 Å². The van der Waals surface area contributed by atoms with Crippen LogP contribution in [0.5, 0.6) is 0 Å². The first-order valence-electron chi connectivity index (χ1n) is 4.17. The fourth-order valence-electron chi connectivity index (χ4n) is 0.970. The van der Waals surface area contributed by atoms with Crippen molar-refractivity contribution in [3.8, 4) is 0 Å². The first-order chi connectivity index (χ1) is 7.64. The van der Waals surface area contributed by atoms with E-state index in [1.165, 1.54) is 0 Å². The highest BCUT2D eigenvalue weighted by Crippen LogP contribution is 2.25. The molecule has 0 aliphatic rings. The van der Waals surface area contributed by atoms with E-state index in [9.17, 15) is 31.1 Å². The molecule has 8 heteroatoms. The Bertz CT molecular complexity index is 468. The summed E-state index contributed by atoms with van der Waals surface area (Å²) in [5.74, 6) is -7.18. The second kappa shape index (κ2) is 4.27. The minimum atomic E-state index is -5.27. The third-order valence-electron chi connectivity index (χ3n) is 1.89. The molecule has 1 rings (SSSR count). The molecule has 1 aromatic rings. The number of alkyl halides is 3. The van der Waals surface area contributed by atoms with E-state index in [4.69, 9.17) is 0 Å². The molecule has 0 heterocycles. The Hall–Kier alpha value is -1.73. The first kappa shape index (κ1) is 13.3. The molecule has 0 radical (unpaired) electrons. The summed E-state index contributed by atoms with van der Waals surface area (Å²) < 4.78 is 74.4. The highest BCUT2D eigenvalue weighted by atomic mass is 19.4. The predicted molar refractivity (Wildman–Crippen MR) is 45.7 cm³/mol. The van der Waals surface area contributed by atoms with Crippen LogP contribution in [0.4, 0.5) is 32.0 Å². The predicted octanol–water partition coefficient (Wildman–Crippen LogP) is 2.91. The normalized spacial score (nSPS) is 11.5. The fraction of sp³-hybridized carbons (Fsp3) is 0.222. The quantitative estimate of drug-likeness (QED) is 0.608. The molecule has 94 valence electrons. The van der Waals surface area contributed by atoms with E-state index in [1.54, 1.807) is 0 Å². The molecule has 2 nitrogen and oxygen atoms in total. The number of hydrogen-bond acceptors (Lipinski definition) is 1. The van der Waals surface area contributed by atoms with Gasteiger partial charge >= 0.3 is 12.1 Å². The van der Waals surface area contributed by atoms with E-state index in [-0.39, 0.29) is 6.07 Å². The summed E-state index contributed by atoms with van der Waals surface area (Å²) in [5.41, 5.74) is -1.89. The van der Waals surface area contributed by atoms with Gasteiger partial charge in [-0.3, -0.25) is 4.79 Å². The second-order valence-corrected chi connectivity index (χ2v) is 3.11. The van der Waals surface area contributed by atoms with Crippen LogP contribution in [0.25, 0.3) is 0 Å². The van der Waals surface area contributed by atoms with Crippen LogP contribution in [0.15, 0.2) is 6.07 Å². The molecule has 1 N–H and O–H groups in total. The van der Waals surface area contributed by atoms with E-state index in [0.717, 1.165) is 12.2 Å². The van der Waals surface area contributed by atoms with E-state index in [0.29, 0.717) is 0 Å². The van der Waals surface area contributed by atoms with Gasteiger partial charge in [0.05, 0.1) is 5.69 Å². The van der Waals surface area contributed by atoms with Crippen molar-refractivity contribution in [1.29, 1.82) is 0 Å². The SMILES string of the molecule is Cc1c(F)cc(NC(=O)C(F)(F)F)c(F)c1F. The maximum absolute atomic E-state index is 13.1. The number of rotatable bonds is 1. The number of benzene rings is 1. The molecular formula is C9H5F6NO. The number of anilines is 1. The van der Waals surface area contributed by atoms with E-state index in [2.05, 4.69) is 0 Å². The zero-order valence-electron chi connectivity index (χ0n) is 8.25. The maximum Gasteiger partial charge on any atom is 0.471 e. The zero-order valence-corrected chi connectivity index (χ0v) is 8.25. The molecule has 0 saturated heterocycles. The number of hydrogen-bond donors (Lipinski definition) is 1. The molecule has 0 aliphatic heterocycles. The lowest BCUT2D eigenvalue weighted by Crippen LogP contribution is -2.30.